The largest absolute Gasteiger partial charge is 0.303 e. The van der Waals surface area contributed by atoms with E-state index < -0.39 is 0 Å². The van der Waals surface area contributed by atoms with Crippen LogP contribution in [0.1, 0.15) is 55.6 Å². The first-order chi connectivity index (χ1) is 9.07. The van der Waals surface area contributed by atoms with Crippen molar-refractivity contribution in [3.05, 3.63) is 22.4 Å². The first-order valence-corrected chi connectivity index (χ1v) is 8.24. The van der Waals surface area contributed by atoms with E-state index in [1.165, 1.54) is 32.4 Å². The Morgan fingerprint density at radius 3 is 2.95 bits per heavy atom. The number of carbonyl (C=O) groups excluding carboxylic acids is 1. The van der Waals surface area contributed by atoms with Crippen LogP contribution in [0.15, 0.2) is 17.5 Å². The van der Waals surface area contributed by atoms with Crippen molar-refractivity contribution in [2.24, 2.45) is 5.41 Å². The smallest absolute Gasteiger partial charge is 0.172 e. The van der Waals surface area contributed by atoms with Gasteiger partial charge in [-0.25, -0.2) is 0 Å². The maximum atomic E-state index is 11.9. The van der Waals surface area contributed by atoms with Crippen molar-refractivity contribution in [2.75, 3.05) is 19.6 Å². The molecule has 0 aromatic carbocycles. The van der Waals surface area contributed by atoms with Gasteiger partial charge in [-0.05, 0) is 62.2 Å². The van der Waals surface area contributed by atoms with Gasteiger partial charge in [0.15, 0.2) is 5.78 Å². The van der Waals surface area contributed by atoms with Crippen molar-refractivity contribution in [3.8, 4) is 0 Å². The van der Waals surface area contributed by atoms with E-state index in [2.05, 4.69) is 18.7 Å². The number of ketones is 1. The van der Waals surface area contributed by atoms with E-state index in [-0.39, 0.29) is 0 Å². The fourth-order valence-corrected chi connectivity index (χ4v) is 3.42. The molecule has 0 bridgehead atoms. The van der Waals surface area contributed by atoms with Crippen LogP contribution in [0, 0.1) is 5.41 Å². The molecule has 0 unspecified atom stereocenters. The lowest BCUT2D eigenvalue weighted by Crippen LogP contribution is -2.27. The van der Waals surface area contributed by atoms with E-state index in [1.807, 2.05) is 17.5 Å². The zero-order valence-corrected chi connectivity index (χ0v) is 13.0. The maximum absolute atomic E-state index is 11.9. The van der Waals surface area contributed by atoms with Gasteiger partial charge in [-0.1, -0.05) is 19.9 Å². The molecular weight excluding hydrogens is 254 g/mol. The summed E-state index contributed by atoms with van der Waals surface area (Å²) in [6.45, 7) is 8.22. The van der Waals surface area contributed by atoms with Gasteiger partial charge in [-0.3, -0.25) is 4.79 Å². The van der Waals surface area contributed by atoms with Crippen LogP contribution in [0.3, 0.4) is 0 Å². The van der Waals surface area contributed by atoms with Crippen LogP contribution in [0.4, 0.5) is 0 Å². The first-order valence-electron chi connectivity index (χ1n) is 7.36. The summed E-state index contributed by atoms with van der Waals surface area (Å²) < 4.78 is 0. The molecular formula is C16H25NOS. The van der Waals surface area contributed by atoms with Gasteiger partial charge in [0.1, 0.15) is 0 Å². The highest BCUT2D eigenvalue weighted by atomic mass is 32.1. The van der Waals surface area contributed by atoms with Crippen molar-refractivity contribution >= 4 is 17.1 Å². The standard InChI is InChI=1S/C16H25NOS/c1-16(2)8-5-11-17(12-9-16)10-3-6-14(18)15-7-4-13-19-15/h4,7,13H,3,5-6,8-12H2,1-2H3. The normalized spacial score (nSPS) is 20.1. The van der Waals surface area contributed by atoms with Crippen LogP contribution < -0.4 is 0 Å². The summed E-state index contributed by atoms with van der Waals surface area (Å²) in [5.74, 6) is 0.310. The highest BCUT2D eigenvalue weighted by Crippen LogP contribution is 2.29. The quantitative estimate of drug-likeness (QED) is 0.752. The average molecular weight is 279 g/mol. The lowest BCUT2D eigenvalue weighted by Gasteiger charge is -2.23. The summed E-state index contributed by atoms with van der Waals surface area (Å²) in [6, 6.07) is 3.89. The van der Waals surface area contributed by atoms with Crippen LogP contribution >= 0.6 is 11.3 Å². The van der Waals surface area contributed by atoms with Gasteiger partial charge in [0, 0.05) is 6.42 Å². The molecule has 19 heavy (non-hydrogen) atoms. The summed E-state index contributed by atoms with van der Waals surface area (Å²) in [5, 5.41) is 1.98. The monoisotopic (exact) mass is 279 g/mol. The highest BCUT2D eigenvalue weighted by Gasteiger charge is 2.22. The zero-order chi connectivity index (χ0) is 13.7. The van der Waals surface area contributed by atoms with Gasteiger partial charge in [0.05, 0.1) is 4.88 Å². The average Bonchev–Trinajstić information content (AvgIpc) is 2.83. The number of carbonyl (C=O) groups is 1. The van der Waals surface area contributed by atoms with Gasteiger partial charge in [0.25, 0.3) is 0 Å². The van der Waals surface area contributed by atoms with E-state index in [9.17, 15) is 4.79 Å². The van der Waals surface area contributed by atoms with Crippen molar-refractivity contribution < 1.29 is 4.79 Å². The molecule has 2 heterocycles. The number of Topliss-reactive ketones (excluding diaryl/α,β-unsaturated/α-hetero) is 1. The molecule has 2 nitrogen and oxygen atoms in total. The summed E-state index contributed by atoms with van der Waals surface area (Å²) in [5.41, 5.74) is 0.502. The van der Waals surface area contributed by atoms with E-state index in [0.717, 1.165) is 17.8 Å². The predicted molar refractivity (Wildman–Crippen MR) is 82.0 cm³/mol. The van der Waals surface area contributed by atoms with Crippen LogP contribution in [-0.2, 0) is 0 Å². The molecule has 0 saturated carbocycles. The maximum Gasteiger partial charge on any atom is 0.172 e. The molecule has 0 N–H and O–H groups in total. The fraction of sp³-hybridized carbons (Fsp3) is 0.688. The van der Waals surface area contributed by atoms with Crippen molar-refractivity contribution in [3.63, 3.8) is 0 Å². The van der Waals surface area contributed by atoms with Gasteiger partial charge >= 0.3 is 0 Å². The molecule has 1 fully saturated rings. The van der Waals surface area contributed by atoms with Gasteiger partial charge in [-0.15, -0.1) is 11.3 Å². The Kier molecular flexibility index (Phi) is 5.17. The Bertz CT molecular complexity index is 397. The van der Waals surface area contributed by atoms with Gasteiger partial charge in [-0.2, -0.15) is 0 Å². The van der Waals surface area contributed by atoms with Crippen LogP contribution in [0.2, 0.25) is 0 Å². The first kappa shape index (κ1) is 14.7. The SMILES string of the molecule is CC1(C)CCCN(CCCC(=O)c2cccs2)CC1. The molecule has 1 aliphatic heterocycles. The van der Waals surface area contributed by atoms with Crippen molar-refractivity contribution in [1.82, 2.24) is 4.90 Å². The summed E-state index contributed by atoms with van der Waals surface area (Å²) >= 11 is 1.56. The minimum atomic E-state index is 0.310. The number of hydrogen-bond donors (Lipinski definition) is 0. The Morgan fingerprint density at radius 2 is 2.21 bits per heavy atom. The third kappa shape index (κ3) is 4.73. The Morgan fingerprint density at radius 1 is 1.37 bits per heavy atom. The molecule has 1 aliphatic rings. The molecule has 3 heteroatoms. The zero-order valence-electron chi connectivity index (χ0n) is 12.2. The third-order valence-electron chi connectivity index (χ3n) is 4.11. The second-order valence-corrected chi connectivity index (χ2v) is 7.31. The van der Waals surface area contributed by atoms with E-state index in [4.69, 9.17) is 0 Å². The Hall–Kier alpha value is -0.670. The van der Waals surface area contributed by atoms with E-state index >= 15 is 0 Å². The highest BCUT2D eigenvalue weighted by molar-refractivity contribution is 7.12. The second-order valence-electron chi connectivity index (χ2n) is 6.36. The lowest BCUT2D eigenvalue weighted by atomic mass is 9.85. The van der Waals surface area contributed by atoms with Gasteiger partial charge < -0.3 is 4.90 Å². The van der Waals surface area contributed by atoms with Crippen LogP contribution in [0.5, 0.6) is 0 Å². The molecule has 1 aromatic rings. The predicted octanol–water partition coefficient (Wildman–Crippen LogP) is 4.22. The third-order valence-corrected chi connectivity index (χ3v) is 5.02. The number of likely N-dealkylation sites (tertiary alicyclic amines) is 1. The molecule has 0 radical (unpaired) electrons. The van der Waals surface area contributed by atoms with E-state index in [0.29, 0.717) is 17.6 Å². The lowest BCUT2D eigenvalue weighted by molar-refractivity contribution is 0.0978. The molecule has 1 saturated heterocycles. The number of hydrogen-bond acceptors (Lipinski definition) is 3. The Labute approximate surface area is 120 Å². The van der Waals surface area contributed by atoms with Gasteiger partial charge in [0.2, 0.25) is 0 Å². The Balaban J connectivity index is 1.70. The summed E-state index contributed by atoms with van der Waals surface area (Å²) in [4.78, 5) is 15.4. The number of thiophene rings is 1. The minimum Gasteiger partial charge on any atom is -0.303 e. The molecule has 0 spiro atoms. The summed E-state index contributed by atoms with van der Waals surface area (Å²) in [6.07, 6.45) is 5.60. The van der Waals surface area contributed by atoms with Crippen molar-refractivity contribution in [1.29, 1.82) is 0 Å². The topological polar surface area (TPSA) is 20.3 Å². The van der Waals surface area contributed by atoms with Crippen LogP contribution in [-0.4, -0.2) is 30.3 Å². The molecule has 0 aliphatic carbocycles. The minimum absolute atomic E-state index is 0.310. The second kappa shape index (κ2) is 6.67. The molecule has 1 aromatic heterocycles. The number of rotatable bonds is 5. The molecule has 106 valence electrons. The van der Waals surface area contributed by atoms with Crippen molar-refractivity contribution in [2.45, 2.75) is 46.0 Å². The van der Waals surface area contributed by atoms with E-state index in [1.54, 1.807) is 11.3 Å². The van der Waals surface area contributed by atoms with Crippen LogP contribution in [0.25, 0.3) is 0 Å². The molecule has 0 amide bonds. The summed E-state index contributed by atoms with van der Waals surface area (Å²) in [7, 11) is 0. The number of nitrogens with zero attached hydrogens (tertiary/aromatic N) is 1. The molecule has 2 rings (SSSR count). The fourth-order valence-electron chi connectivity index (χ4n) is 2.73. The molecule has 0 atom stereocenters.